The largest absolute Gasteiger partial charge is 0.462 e. The number of hydrogen-bond donors (Lipinski definition) is 3. The van der Waals surface area contributed by atoms with Gasteiger partial charge in [-0.25, -0.2) is 0 Å². The van der Waals surface area contributed by atoms with Crippen molar-refractivity contribution in [2.75, 3.05) is 19.8 Å². The van der Waals surface area contributed by atoms with Crippen molar-refractivity contribution < 1.29 is 28.8 Å². The van der Waals surface area contributed by atoms with Crippen molar-refractivity contribution in [2.24, 2.45) is 0 Å². The maximum Gasteiger partial charge on any atom is 0.374 e. The molecule has 1 heterocycles. The third kappa shape index (κ3) is 9.32. The summed E-state index contributed by atoms with van der Waals surface area (Å²) in [5.74, 6) is -1.07. The van der Waals surface area contributed by atoms with E-state index in [2.05, 4.69) is 10.5 Å². The van der Waals surface area contributed by atoms with Crippen molar-refractivity contribution in [1.29, 1.82) is 0 Å². The first-order valence-corrected chi connectivity index (χ1v) is 8.84. The Labute approximate surface area is 150 Å². The summed E-state index contributed by atoms with van der Waals surface area (Å²) >= 11 is 0. The molecule has 9 heteroatoms. The number of hydrogen-bond acceptors (Lipinski definition) is 8. The molecule has 3 atom stereocenters. The summed E-state index contributed by atoms with van der Waals surface area (Å²) in [6, 6.07) is -0.756. The lowest BCUT2D eigenvalue weighted by Crippen LogP contribution is -2.46. The van der Waals surface area contributed by atoms with Crippen molar-refractivity contribution in [1.82, 2.24) is 10.5 Å². The molecule has 0 radical (unpaired) electrons. The Morgan fingerprint density at radius 1 is 1.48 bits per heavy atom. The zero-order chi connectivity index (χ0) is 18.9. The molecule has 0 aromatic rings. The topological polar surface area (TPSA) is 106 Å². The Morgan fingerprint density at radius 2 is 2.20 bits per heavy atom. The van der Waals surface area contributed by atoms with Crippen molar-refractivity contribution >= 4 is 19.3 Å². The van der Waals surface area contributed by atoms with Crippen LogP contribution in [0.15, 0.2) is 0 Å². The minimum Gasteiger partial charge on any atom is -0.462 e. The molecule has 8 nitrogen and oxygen atoms in total. The molecule has 3 N–H and O–H groups in total. The Hall–Kier alpha value is -0.995. The average Bonchev–Trinajstić information content (AvgIpc) is 2.89. The van der Waals surface area contributed by atoms with Crippen LogP contribution in [0.1, 0.15) is 40.0 Å². The van der Waals surface area contributed by atoms with E-state index in [4.69, 9.17) is 14.2 Å². The SMILES string of the molecule is CB(O)NC(CCCCNC(C)C=O)C(=O)OCC1COC(C)(C)O1. The molecular weight excluding hydrogens is 327 g/mol. The number of esters is 1. The summed E-state index contributed by atoms with van der Waals surface area (Å²) in [7, 11) is -0.809. The maximum atomic E-state index is 12.3. The van der Waals surface area contributed by atoms with Gasteiger partial charge in [0.1, 0.15) is 19.0 Å². The quantitative estimate of drug-likeness (QED) is 0.195. The summed E-state index contributed by atoms with van der Waals surface area (Å²) in [6.07, 6.45) is 2.69. The van der Waals surface area contributed by atoms with Crippen LogP contribution in [-0.4, -0.2) is 68.1 Å². The van der Waals surface area contributed by atoms with Crippen molar-refractivity contribution in [2.45, 2.75) is 70.8 Å². The van der Waals surface area contributed by atoms with E-state index in [0.717, 1.165) is 19.1 Å². The number of rotatable bonds is 12. The number of carbonyl (C=O) groups is 2. The number of aldehydes is 1. The third-order valence-electron chi connectivity index (χ3n) is 3.80. The summed E-state index contributed by atoms with van der Waals surface area (Å²) in [5.41, 5.74) is 0. The standard InChI is InChI=1S/C16H31BN2O6/c1-12(9-20)18-8-6-5-7-14(19-17(4)22)15(21)23-10-13-11-24-16(2,3)25-13/h9,12-14,18-19,22H,5-8,10-11H2,1-4H3. The first-order chi connectivity index (χ1) is 11.7. The first-order valence-electron chi connectivity index (χ1n) is 8.84. The van der Waals surface area contributed by atoms with Gasteiger partial charge in [-0.3, -0.25) is 4.79 Å². The van der Waals surface area contributed by atoms with Crippen LogP contribution in [0.5, 0.6) is 0 Å². The molecule has 0 aliphatic carbocycles. The fraction of sp³-hybridized carbons (Fsp3) is 0.875. The molecule has 144 valence electrons. The second-order valence-corrected chi connectivity index (χ2v) is 6.85. The molecule has 0 bridgehead atoms. The van der Waals surface area contributed by atoms with Gasteiger partial charge < -0.3 is 34.6 Å². The molecule has 0 aromatic carbocycles. The van der Waals surface area contributed by atoms with E-state index in [9.17, 15) is 14.6 Å². The van der Waals surface area contributed by atoms with E-state index >= 15 is 0 Å². The second kappa shape index (κ2) is 10.9. The predicted octanol–water partition coefficient (Wildman–Crippen LogP) is 0.0969. The molecule has 0 aromatic heterocycles. The normalized spacial score (nSPS) is 21.6. The molecule has 1 aliphatic rings. The molecule has 1 saturated heterocycles. The van der Waals surface area contributed by atoms with Gasteiger partial charge >= 0.3 is 13.0 Å². The lowest BCUT2D eigenvalue weighted by molar-refractivity contribution is -0.159. The van der Waals surface area contributed by atoms with Crippen LogP contribution < -0.4 is 10.5 Å². The number of ether oxygens (including phenoxy) is 3. The van der Waals surface area contributed by atoms with E-state index in [1.54, 1.807) is 13.7 Å². The minimum atomic E-state index is -0.809. The summed E-state index contributed by atoms with van der Waals surface area (Å²) < 4.78 is 16.3. The molecule has 0 saturated carbocycles. The third-order valence-corrected chi connectivity index (χ3v) is 3.80. The highest BCUT2D eigenvalue weighted by atomic mass is 16.7. The van der Waals surface area contributed by atoms with Crippen LogP contribution in [0.25, 0.3) is 0 Å². The van der Waals surface area contributed by atoms with Crippen LogP contribution in [0.2, 0.25) is 6.82 Å². The Kier molecular flexibility index (Phi) is 9.59. The molecular formula is C16H31BN2O6. The van der Waals surface area contributed by atoms with Gasteiger partial charge in [0, 0.05) is 0 Å². The zero-order valence-electron chi connectivity index (χ0n) is 15.6. The Bertz CT molecular complexity index is 421. The van der Waals surface area contributed by atoms with Gasteiger partial charge in [-0.15, -0.1) is 0 Å². The predicted molar refractivity (Wildman–Crippen MR) is 94.0 cm³/mol. The highest BCUT2D eigenvalue weighted by Gasteiger charge is 2.34. The molecule has 25 heavy (non-hydrogen) atoms. The van der Waals surface area contributed by atoms with E-state index in [0.29, 0.717) is 19.6 Å². The average molecular weight is 358 g/mol. The fourth-order valence-electron chi connectivity index (χ4n) is 2.53. The molecule has 1 aliphatic heterocycles. The van der Waals surface area contributed by atoms with Gasteiger partial charge in [0.05, 0.1) is 18.7 Å². The highest BCUT2D eigenvalue weighted by molar-refractivity contribution is 6.46. The molecule has 1 fully saturated rings. The van der Waals surface area contributed by atoms with E-state index in [-0.39, 0.29) is 18.8 Å². The molecule has 0 amide bonds. The van der Waals surface area contributed by atoms with Crippen LogP contribution in [0.4, 0.5) is 0 Å². The van der Waals surface area contributed by atoms with Crippen LogP contribution >= 0.6 is 0 Å². The number of unbranched alkanes of at least 4 members (excludes halogenated alkanes) is 1. The van der Waals surface area contributed by atoms with E-state index < -0.39 is 24.8 Å². The van der Waals surface area contributed by atoms with Crippen LogP contribution in [0, 0.1) is 0 Å². The smallest absolute Gasteiger partial charge is 0.374 e. The molecule has 0 spiro atoms. The van der Waals surface area contributed by atoms with Gasteiger partial charge in [0.25, 0.3) is 0 Å². The fourth-order valence-corrected chi connectivity index (χ4v) is 2.53. The van der Waals surface area contributed by atoms with E-state index in [1.807, 2.05) is 13.8 Å². The van der Waals surface area contributed by atoms with E-state index in [1.165, 1.54) is 0 Å². The van der Waals surface area contributed by atoms with Gasteiger partial charge in [-0.1, -0.05) is 6.42 Å². The molecule has 3 unspecified atom stereocenters. The van der Waals surface area contributed by atoms with Crippen molar-refractivity contribution in [3.05, 3.63) is 0 Å². The van der Waals surface area contributed by atoms with Gasteiger partial charge in [-0.05, 0) is 47.0 Å². The van der Waals surface area contributed by atoms with Gasteiger partial charge in [0.2, 0.25) is 0 Å². The van der Waals surface area contributed by atoms with Crippen LogP contribution in [0.3, 0.4) is 0 Å². The lowest BCUT2D eigenvalue weighted by atomic mass is 9.86. The molecule has 1 rings (SSSR count). The van der Waals surface area contributed by atoms with Gasteiger partial charge in [0.15, 0.2) is 5.79 Å². The van der Waals surface area contributed by atoms with Gasteiger partial charge in [-0.2, -0.15) is 0 Å². The zero-order valence-corrected chi connectivity index (χ0v) is 15.6. The highest BCUT2D eigenvalue weighted by Crippen LogP contribution is 2.22. The summed E-state index contributed by atoms with van der Waals surface area (Å²) in [4.78, 5) is 22.8. The Morgan fingerprint density at radius 3 is 2.76 bits per heavy atom. The Balaban J connectivity index is 2.32. The number of carbonyl (C=O) groups excluding carboxylic acids is 2. The van der Waals surface area contributed by atoms with Crippen molar-refractivity contribution in [3.63, 3.8) is 0 Å². The first kappa shape index (κ1) is 22.0. The van der Waals surface area contributed by atoms with Crippen LogP contribution in [-0.2, 0) is 23.8 Å². The summed E-state index contributed by atoms with van der Waals surface area (Å²) in [5, 5.41) is 15.4. The lowest BCUT2D eigenvalue weighted by Gasteiger charge is -2.20. The maximum absolute atomic E-state index is 12.3. The number of nitrogens with one attached hydrogen (secondary N) is 2. The minimum absolute atomic E-state index is 0.124. The van der Waals surface area contributed by atoms with Crippen molar-refractivity contribution in [3.8, 4) is 0 Å². The monoisotopic (exact) mass is 358 g/mol. The summed E-state index contributed by atoms with van der Waals surface area (Å²) in [6.45, 7) is 8.17. The second-order valence-electron chi connectivity index (χ2n) is 6.85.